The molecule has 0 fully saturated rings. The molecule has 102 valence electrons. The van der Waals surface area contributed by atoms with Crippen molar-refractivity contribution in [2.24, 2.45) is 0 Å². The number of alkyl halides is 3. The lowest BCUT2D eigenvalue weighted by atomic mass is 10.1. The summed E-state index contributed by atoms with van der Waals surface area (Å²) in [4.78, 5) is 4.41. The van der Waals surface area contributed by atoms with Crippen LogP contribution in [0.3, 0.4) is 0 Å². The van der Waals surface area contributed by atoms with Crippen molar-refractivity contribution in [3.05, 3.63) is 51.9 Å². The van der Waals surface area contributed by atoms with Gasteiger partial charge in [-0.2, -0.15) is 18.3 Å². The standard InChI is InChI=1S/C13H7F3IN3/c14-13(15,16)9-3-1-8(2-4-9)11-5-6-20-12(19-11)10(17)7-18-20/h1-7H. The van der Waals surface area contributed by atoms with Crippen molar-refractivity contribution in [1.29, 1.82) is 0 Å². The highest BCUT2D eigenvalue weighted by molar-refractivity contribution is 14.1. The van der Waals surface area contributed by atoms with Crippen LogP contribution in [-0.2, 0) is 6.18 Å². The first kappa shape index (κ1) is 13.3. The van der Waals surface area contributed by atoms with Crippen molar-refractivity contribution < 1.29 is 13.2 Å². The zero-order valence-corrected chi connectivity index (χ0v) is 12.1. The van der Waals surface area contributed by atoms with Crippen molar-refractivity contribution in [2.45, 2.75) is 6.18 Å². The van der Waals surface area contributed by atoms with E-state index in [1.165, 1.54) is 12.1 Å². The van der Waals surface area contributed by atoms with Gasteiger partial charge < -0.3 is 0 Å². The summed E-state index contributed by atoms with van der Waals surface area (Å²) in [7, 11) is 0. The van der Waals surface area contributed by atoms with Gasteiger partial charge in [-0.15, -0.1) is 0 Å². The molecule has 0 saturated heterocycles. The maximum atomic E-state index is 12.5. The van der Waals surface area contributed by atoms with Crippen LogP contribution < -0.4 is 0 Å². The molecule has 0 unspecified atom stereocenters. The highest BCUT2D eigenvalue weighted by Crippen LogP contribution is 2.30. The van der Waals surface area contributed by atoms with E-state index in [1.807, 2.05) is 0 Å². The Hall–Kier alpha value is -1.64. The lowest BCUT2D eigenvalue weighted by Crippen LogP contribution is -2.04. The number of hydrogen-bond acceptors (Lipinski definition) is 2. The number of halogens is 4. The fraction of sp³-hybridized carbons (Fsp3) is 0.0769. The van der Waals surface area contributed by atoms with Crippen molar-refractivity contribution in [1.82, 2.24) is 14.6 Å². The number of benzene rings is 1. The molecule has 0 aliphatic rings. The topological polar surface area (TPSA) is 30.2 Å². The van der Waals surface area contributed by atoms with E-state index in [9.17, 15) is 13.2 Å². The molecule has 2 aromatic heterocycles. The Morgan fingerprint density at radius 2 is 1.75 bits per heavy atom. The van der Waals surface area contributed by atoms with Gasteiger partial charge in [-0.25, -0.2) is 9.50 Å². The third kappa shape index (κ3) is 2.37. The fourth-order valence-corrected chi connectivity index (χ4v) is 2.32. The van der Waals surface area contributed by atoms with E-state index >= 15 is 0 Å². The zero-order valence-electron chi connectivity index (χ0n) is 9.89. The monoisotopic (exact) mass is 389 g/mol. The molecule has 1 aromatic carbocycles. The molecular weight excluding hydrogens is 382 g/mol. The van der Waals surface area contributed by atoms with Gasteiger partial charge in [0.2, 0.25) is 0 Å². The van der Waals surface area contributed by atoms with Crippen LogP contribution in [0, 0.1) is 3.57 Å². The zero-order chi connectivity index (χ0) is 14.3. The molecule has 0 radical (unpaired) electrons. The highest BCUT2D eigenvalue weighted by atomic mass is 127. The van der Waals surface area contributed by atoms with Gasteiger partial charge in [-0.05, 0) is 40.8 Å². The van der Waals surface area contributed by atoms with Crippen LogP contribution in [0.25, 0.3) is 16.9 Å². The minimum atomic E-state index is -4.32. The Bertz CT molecular complexity index is 763. The van der Waals surface area contributed by atoms with Crippen LogP contribution in [0.2, 0.25) is 0 Å². The number of hydrogen-bond donors (Lipinski definition) is 0. The van der Waals surface area contributed by atoms with Crippen molar-refractivity contribution in [2.75, 3.05) is 0 Å². The molecule has 0 aliphatic heterocycles. The molecule has 0 atom stereocenters. The van der Waals surface area contributed by atoms with Crippen LogP contribution in [0.4, 0.5) is 13.2 Å². The molecule has 20 heavy (non-hydrogen) atoms. The Balaban J connectivity index is 2.04. The summed E-state index contributed by atoms with van der Waals surface area (Å²) in [6.45, 7) is 0. The summed E-state index contributed by atoms with van der Waals surface area (Å²) in [5.74, 6) is 0. The number of aromatic nitrogens is 3. The van der Waals surface area contributed by atoms with E-state index in [-0.39, 0.29) is 0 Å². The highest BCUT2D eigenvalue weighted by Gasteiger charge is 2.30. The van der Waals surface area contributed by atoms with E-state index in [2.05, 4.69) is 32.7 Å². The van der Waals surface area contributed by atoms with Crippen molar-refractivity contribution in [3.8, 4) is 11.3 Å². The lowest BCUT2D eigenvalue weighted by molar-refractivity contribution is -0.137. The molecule has 3 nitrogen and oxygen atoms in total. The molecular formula is C13H7F3IN3. The Morgan fingerprint density at radius 1 is 1.05 bits per heavy atom. The van der Waals surface area contributed by atoms with Gasteiger partial charge in [0.1, 0.15) is 0 Å². The normalized spacial score (nSPS) is 12.0. The van der Waals surface area contributed by atoms with E-state index in [4.69, 9.17) is 0 Å². The molecule has 0 saturated carbocycles. The molecule has 0 spiro atoms. The summed E-state index contributed by atoms with van der Waals surface area (Å²) in [5.41, 5.74) is 1.27. The van der Waals surface area contributed by atoms with Gasteiger partial charge >= 0.3 is 6.18 Å². The van der Waals surface area contributed by atoms with Crippen LogP contribution in [-0.4, -0.2) is 14.6 Å². The van der Waals surface area contributed by atoms with E-state index in [0.29, 0.717) is 16.9 Å². The third-order valence-corrected chi connectivity index (χ3v) is 3.60. The molecule has 3 aromatic rings. The van der Waals surface area contributed by atoms with E-state index < -0.39 is 11.7 Å². The third-order valence-electron chi connectivity index (χ3n) is 2.83. The number of rotatable bonds is 1. The van der Waals surface area contributed by atoms with E-state index in [1.54, 1.807) is 23.0 Å². The first-order valence-electron chi connectivity index (χ1n) is 5.63. The molecule has 2 heterocycles. The predicted molar refractivity (Wildman–Crippen MR) is 76.1 cm³/mol. The SMILES string of the molecule is FC(F)(F)c1ccc(-c2ccn3ncc(I)c3n2)cc1. The van der Waals surface area contributed by atoms with Crippen molar-refractivity contribution >= 4 is 28.2 Å². The minimum Gasteiger partial charge on any atom is -0.227 e. The molecule has 0 bridgehead atoms. The first-order valence-corrected chi connectivity index (χ1v) is 6.70. The second-order valence-corrected chi connectivity index (χ2v) is 5.31. The quantitative estimate of drug-likeness (QED) is 0.589. The van der Waals surface area contributed by atoms with Gasteiger partial charge in [0.25, 0.3) is 0 Å². The van der Waals surface area contributed by atoms with Crippen LogP contribution in [0.1, 0.15) is 5.56 Å². The summed E-state index contributed by atoms with van der Waals surface area (Å²) in [5, 5.41) is 4.10. The first-order chi connectivity index (χ1) is 9.45. The summed E-state index contributed by atoms with van der Waals surface area (Å²) < 4.78 is 40.0. The smallest absolute Gasteiger partial charge is 0.227 e. The van der Waals surface area contributed by atoms with Crippen LogP contribution >= 0.6 is 22.6 Å². The van der Waals surface area contributed by atoms with Gasteiger partial charge in [0.15, 0.2) is 5.65 Å². The van der Waals surface area contributed by atoms with Gasteiger partial charge in [0.05, 0.1) is 21.0 Å². The predicted octanol–water partition coefficient (Wildman–Crippen LogP) is 4.02. The average Bonchev–Trinajstić information content (AvgIpc) is 2.79. The largest absolute Gasteiger partial charge is 0.416 e. The molecule has 0 aliphatic carbocycles. The maximum Gasteiger partial charge on any atom is 0.416 e. The lowest BCUT2D eigenvalue weighted by Gasteiger charge is -2.07. The summed E-state index contributed by atoms with van der Waals surface area (Å²) >= 11 is 2.11. The van der Waals surface area contributed by atoms with Crippen molar-refractivity contribution in [3.63, 3.8) is 0 Å². The summed E-state index contributed by atoms with van der Waals surface area (Å²) in [6, 6.07) is 6.68. The molecule has 3 rings (SSSR count). The number of nitrogens with zero attached hydrogens (tertiary/aromatic N) is 3. The average molecular weight is 389 g/mol. The Kier molecular flexibility index (Phi) is 3.15. The van der Waals surface area contributed by atoms with Gasteiger partial charge in [-0.3, -0.25) is 0 Å². The maximum absolute atomic E-state index is 12.5. The van der Waals surface area contributed by atoms with Crippen LogP contribution in [0.5, 0.6) is 0 Å². The van der Waals surface area contributed by atoms with Gasteiger partial charge in [0, 0.05) is 11.8 Å². The molecule has 0 N–H and O–H groups in total. The Morgan fingerprint density at radius 3 is 2.40 bits per heavy atom. The minimum absolute atomic E-state index is 0.615. The van der Waals surface area contributed by atoms with Crippen LogP contribution in [0.15, 0.2) is 42.7 Å². The fourth-order valence-electron chi connectivity index (χ4n) is 1.83. The second kappa shape index (κ2) is 4.72. The molecule has 0 amide bonds. The van der Waals surface area contributed by atoms with Gasteiger partial charge in [-0.1, -0.05) is 12.1 Å². The van der Waals surface area contributed by atoms with E-state index in [0.717, 1.165) is 15.7 Å². The molecule has 7 heteroatoms. The second-order valence-electron chi connectivity index (χ2n) is 4.15. The Labute approximate surface area is 125 Å². The number of fused-ring (bicyclic) bond motifs is 1. The summed E-state index contributed by atoms with van der Waals surface area (Å²) in [6.07, 6.45) is -0.909.